The summed E-state index contributed by atoms with van der Waals surface area (Å²) in [5, 5.41) is 2.96. The highest BCUT2D eigenvalue weighted by atomic mass is 16.5. The summed E-state index contributed by atoms with van der Waals surface area (Å²) in [4.78, 5) is 10.8. The third-order valence-electron chi connectivity index (χ3n) is 2.29. The van der Waals surface area contributed by atoms with Gasteiger partial charge in [0.25, 0.3) is 0 Å². The molecule has 0 unspecified atom stereocenters. The van der Waals surface area contributed by atoms with Crippen LogP contribution < -0.4 is 5.32 Å². The van der Waals surface area contributed by atoms with Crippen LogP contribution in [-0.4, -0.2) is 19.6 Å². The van der Waals surface area contributed by atoms with E-state index in [1.54, 1.807) is 0 Å². The van der Waals surface area contributed by atoms with Crippen molar-refractivity contribution in [3.63, 3.8) is 0 Å². The lowest BCUT2D eigenvalue weighted by atomic mass is 10.1. The van der Waals surface area contributed by atoms with Gasteiger partial charge in [0.2, 0.25) is 0 Å². The van der Waals surface area contributed by atoms with E-state index in [1.807, 2.05) is 0 Å². The van der Waals surface area contributed by atoms with Gasteiger partial charge in [-0.25, -0.2) is 0 Å². The topological polar surface area (TPSA) is 38.3 Å². The summed E-state index contributed by atoms with van der Waals surface area (Å²) in [6.45, 7) is 6.29. The minimum atomic E-state index is -0.248. The Labute approximate surface area is 94.4 Å². The van der Waals surface area contributed by atoms with Gasteiger partial charge in [0.15, 0.2) is 0 Å². The molecule has 0 saturated carbocycles. The average Bonchev–Trinajstić information content (AvgIpc) is 2.25. The third kappa shape index (κ3) is 9.32. The summed E-state index contributed by atoms with van der Waals surface area (Å²) in [6, 6.07) is 0. The van der Waals surface area contributed by atoms with Crippen LogP contribution in [0.15, 0.2) is 12.3 Å². The minimum Gasteiger partial charge on any atom is -0.468 e. The number of carbonyl (C=O) groups excluding carboxylic acids is 1. The summed E-state index contributed by atoms with van der Waals surface area (Å²) >= 11 is 0. The average molecular weight is 215 g/mol. The van der Waals surface area contributed by atoms with Crippen LogP contribution in [0.25, 0.3) is 0 Å². The number of esters is 1. The van der Waals surface area contributed by atoms with E-state index in [9.17, 15) is 4.79 Å². The Morgan fingerprint density at radius 3 is 2.60 bits per heavy atom. The van der Waals surface area contributed by atoms with Crippen LogP contribution >= 0.6 is 0 Å². The Morgan fingerprint density at radius 2 is 2.00 bits per heavy atom. The summed E-state index contributed by atoms with van der Waals surface area (Å²) in [7, 11) is 1.39. The molecule has 3 heteroatoms. The number of hydrogen-bond acceptors (Lipinski definition) is 3. The molecule has 0 saturated heterocycles. The van der Waals surface area contributed by atoms with Crippen LogP contribution in [0.1, 0.15) is 46.9 Å². The molecule has 0 atom stereocenters. The number of unbranched alkanes of at least 4 members (excludes halogenated alkanes) is 4. The molecule has 0 aliphatic heterocycles. The largest absolute Gasteiger partial charge is 0.468 e. The summed E-state index contributed by atoms with van der Waals surface area (Å²) in [6.07, 6.45) is 7.20. The van der Waals surface area contributed by atoms with Gasteiger partial charge < -0.3 is 10.1 Å². The first-order valence-corrected chi connectivity index (χ1v) is 5.69. The van der Waals surface area contributed by atoms with Crippen LogP contribution in [0.2, 0.25) is 0 Å². The van der Waals surface area contributed by atoms with Gasteiger partial charge in [-0.15, -0.1) is 0 Å². The molecule has 0 aromatic heterocycles. The third-order valence-corrected chi connectivity index (χ3v) is 2.29. The maximum Gasteiger partial charge on any atom is 0.325 e. The fourth-order valence-corrected chi connectivity index (χ4v) is 1.30. The van der Waals surface area contributed by atoms with Gasteiger partial charge in [0, 0.05) is 7.12 Å². The van der Waals surface area contributed by atoms with Crippen LogP contribution in [0.5, 0.6) is 0 Å². The van der Waals surface area contributed by atoms with Gasteiger partial charge in [-0.2, -0.15) is 0 Å². The minimum absolute atomic E-state index is 0. The van der Waals surface area contributed by atoms with E-state index in [2.05, 4.69) is 23.6 Å². The Bertz CT molecular complexity index is 195. The van der Waals surface area contributed by atoms with Gasteiger partial charge in [0.1, 0.15) is 6.54 Å². The molecule has 0 heterocycles. The number of nitrogens with one attached hydrogen (secondary N) is 1. The van der Waals surface area contributed by atoms with Crippen molar-refractivity contribution in [2.75, 3.05) is 13.7 Å². The Balaban J connectivity index is 0. The molecular formula is C12H25NO2. The number of allylic oxidation sites excluding steroid dienone is 1. The molecule has 1 N–H and O–H groups in total. The van der Waals surface area contributed by atoms with Gasteiger partial charge in [-0.05, 0) is 12.8 Å². The zero-order chi connectivity index (χ0) is 11.5. The molecule has 0 bridgehead atoms. The van der Waals surface area contributed by atoms with Gasteiger partial charge >= 0.3 is 5.97 Å². The van der Waals surface area contributed by atoms with E-state index in [4.69, 9.17) is 0 Å². The monoisotopic (exact) mass is 215 g/mol. The lowest BCUT2D eigenvalue weighted by Gasteiger charge is -2.07. The fraction of sp³-hybridized carbons (Fsp3) is 0.750. The number of ether oxygens (including phenoxy) is 1. The lowest BCUT2D eigenvalue weighted by Crippen LogP contribution is -2.22. The summed E-state index contributed by atoms with van der Waals surface area (Å²) < 4.78 is 4.52. The van der Waals surface area contributed by atoms with Crippen molar-refractivity contribution in [1.82, 2.24) is 5.32 Å². The van der Waals surface area contributed by atoms with Crippen LogP contribution in [-0.2, 0) is 9.53 Å². The highest BCUT2D eigenvalue weighted by molar-refractivity contribution is 5.71. The molecule has 0 aliphatic rings. The molecular weight excluding hydrogens is 190 g/mol. The predicted octanol–water partition coefficient (Wildman–Crippen LogP) is 2.87. The molecule has 0 rings (SSSR count). The molecule has 0 aromatic rings. The Morgan fingerprint density at radius 1 is 1.33 bits per heavy atom. The summed E-state index contributed by atoms with van der Waals surface area (Å²) in [5.74, 6) is -0.248. The molecule has 0 aromatic carbocycles. The maximum absolute atomic E-state index is 10.8. The quantitative estimate of drug-likeness (QED) is 0.475. The number of methoxy groups -OCH3 is 1. The van der Waals surface area contributed by atoms with E-state index in [-0.39, 0.29) is 13.9 Å². The van der Waals surface area contributed by atoms with Crippen LogP contribution in [0.3, 0.4) is 0 Å². The number of hydrogen-bond donors (Lipinski definition) is 1. The molecule has 0 spiro atoms. The predicted molar refractivity (Wildman–Crippen MR) is 64.6 cm³/mol. The van der Waals surface area contributed by atoms with Crippen molar-refractivity contribution in [2.45, 2.75) is 45.4 Å². The van der Waals surface area contributed by atoms with Gasteiger partial charge in [-0.3, -0.25) is 4.79 Å². The van der Waals surface area contributed by atoms with Gasteiger partial charge in [-0.1, -0.05) is 39.2 Å². The van der Waals surface area contributed by atoms with Crippen LogP contribution in [0, 0.1) is 0 Å². The Hall–Kier alpha value is -0.990. The molecule has 0 amide bonds. The lowest BCUT2D eigenvalue weighted by molar-refractivity contribution is -0.139. The second kappa shape index (κ2) is 9.56. The number of rotatable bonds is 9. The van der Waals surface area contributed by atoms with Crippen LogP contribution in [0.4, 0.5) is 0 Å². The SMILES string of the molecule is C=C(CCCCCCC)NCC(=O)OC.[HH]. The number of carbonyl (C=O) groups is 1. The molecule has 0 aliphatic carbocycles. The van der Waals surface area contributed by atoms with E-state index in [0.717, 1.165) is 18.5 Å². The maximum atomic E-state index is 10.8. The van der Waals surface area contributed by atoms with Crippen molar-refractivity contribution >= 4 is 5.97 Å². The molecule has 15 heavy (non-hydrogen) atoms. The smallest absolute Gasteiger partial charge is 0.325 e. The first-order valence-electron chi connectivity index (χ1n) is 5.69. The van der Waals surface area contributed by atoms with Crippen molar-refractivity contribution in [1.29, 1.82) is 0 Å². The first-order chi connectivity index (χ1) is 7.20. The molecule has 0 radical (unpaired) electrons. The molecule has 0 fully saturated rings. The highest BCUT2D eigenvalue weighted by Gasteiger charge is 2.00. The highest BCUT2D eigenvalue weighted by Crippen LogP contribution is 2.07. The van der Waals surface area contributed by atoms with E-state index in [1.165, 1.54) is 32.8 Å². The first kappa shape index (κ1) is 14.0. The zero-order valence-electron chi connectivity index (χ0n) is 9.97. The van der Waals surface area contributed by atoms with Crippen molar-refractivity contribution in [3.8, 4) is 0 Å². The molecule has 90 valence electrons. The molecule has 3 nitrogen and oxygen atoms in total. The Kier molecular flexibility index (Phi) is 8.93. The zero-order valence-corrected chi connectivity index (χ0v) is 9.97. The van der Waals surface area contributed by atoms with Crippen molar-refractivity contribution in [3.05, 3.63) is 12.3 Å². The van der Waals surface area contributed by atoms with E-state index in [0.29, 0.717) is 0 Å². The van der Waals surface area contributed by atoms with Crippen molar-refractivity contribution in [2.24, 2.45) is 0 Å². The van der Waals surface area contributed by atoms with E-state index >= 15 is 0 Å². The normalized spacial score (nSPS) is 9.73. The second-order valence-corrected chi connectivity index (χ2v) is 3.70. The van der Waals surface area contributed by atoms with Crippen molar-refractivity contribution < 1.29 is 11.0 Å². The second-order valence-electron chi connectivity index (χ2n) is 3.70. The van der Waals surface area contributed by atoms with E-state index < -0.39 is 0 Å². The summed E-state index contributed by atoms with van der Waals surface area (Å²) in [5.41, 5.74) is 0.928. The fourth-order valence-electron chi connectivity index (χ4n) is 1.30. The standard InChI is InChI=1S/C12H23NO2.H2/c1-4-5-6-7-8-9-11(2)13-10-12(14)15-3;/h13H,2,4-10H2,1,3H3;1H. The van der Waals surface area contributed by atoms with Gasteiger partial charge in [0.05, 0.1) is 7.11 Å².